The second-order valence-electron chi connectivity index (χ2n) is 12.2. The predicted molar refractivity (Wildman–Crippen MR) is 142 cm³/mol. The minimum atomic E-state index is -4.80. The standard InChI is InChI=1S/C30H36F3NO4S/c1-28-17-15-26-24(12-6-20-18-21(35)14-16-29(20,26)2)25(28)13-7-19(28)4-3-5-27(36)34-39(37)23-10-8-22(9-11-23)38-30(31,32)33/h3,5,8-11,18-19,24-26H,4,6-7,12-17H2,1-2H3,(H,34,36)/b5-3+/t19?,24?,25?,26?,28-,29?,39?/m1/s1. The van der Waals surface area contributed by atoms with Crippen LogP contribution in [0.3, 0.4) is 0 Å². The van der Waals surface area contributed by atoms with E-state index in [1.54, 1.807) is 0 Å². The Bertz CT molecular complexity index is 1210. The lowest BCUT2D eigenvalue weighted by Crippen LogP contribution is -2.50. The molecular weight excluding hydrogens is 527 g/mol. The van der Waals surface area contributed by atoms with E-state index < -0.39 is 29.0 Å². The van der Waals surface area contributed by atoms with Crippen LogP contribution < -0.4 is 9.46 Å². The van der Waals surface area contributed by atoms with Crippen molar-refractivity contribution >= 4 is 22.7 Å². The maximum absolute atomic E-state index is 12.4. The van der Waals surface area contributed by atoms with Crippen molar-refractivity contribution in [1.82, 2.24) is 4.72 Å². The van der Waals surface area contributed by atoms with Gasteiger partial charge in [-0.15, -0.1) is 13.2 Å². The maximum atomic E-state index is 12.4. The molecule has 1 N–H and O–H groups in total. The van der Waals surface area contributed by atoms with E-state index in [1.807, 2.05) is 12.2 Å². The van der Waals surface area contributed by atoms with E-state index in [0.29, 0.717) is 30.1 Å². The lowest BCUT2D eigenvalue weighted by Gasteiger charge is -2.58. The monoisotopic (exact) mass is 563 g/mol. The fourth-order valence-electron chi connectivity index (χ4n) is 8.34. The zero-order chi connectivity index (χ0) is 28.0. The molecule has 6 unspecified atom stereocenters. The minimum absolute atomic E-state index is 0.162. The summed E-state index contributed by atoms with van der Waals surface area (Å²) in [6.45, 7) is 4.83. The molecule has 3 saturated carbocycles. The minimum Gasteiger partial charge on any atom is -0.406 e. The summed E-state index contributed by atoms with van der Waals surface area (Å²) >= 11 is 0. The number of hydrogen-bond donors (Lipinski definition) is 1. The first-order chi connectivity index (χ1) is 18.4. The quantitative estimate of drug-likeness (QED) is 0.386. The van der Waals surface area contributed by atoms with Crippen molar-refractivity contribution in [3.05, 3.63) is 48.1 Å². The van der Waals surface area contributed by atoms with Crippen LogP contribution in [0.15, 0.2) is 53.0 Å². The van der Waals surface area contributed by atoms with Gasteiger partial charge in [-0.2, -0.15) is 0 Å². The third-order valence-electron chi connectivity index (χ3n) is 10.3. The average molecular weight is 564 g/mol. The fraction of sp³-hybridized carbons (Fsp3) is 0.600. The van der Waals surface area contributed by atoms with Crippen LogP contribution in [0, 0.1) is 34.5 Å². The number of allylic oxidation sites excluding steroid dienone is 2. The molecule has 0 saturated heterocycles. The van der Waals surface area contributed by atoms with Gasteiger partial charge in [0, 0.05) is 6.42 Å². The van der Waals surface area contributed by atoms with Gasteiger partial charge in [0.25, 0.3) is 5.91 Å². The molecule has 5 rings (SSSR count). The zero-order valence-electron chi connectivity index (χ0n) is 22.4. The first-order valence-electron chi connectivity index (χ1n) is 13.9. The van der Waals surface area contributed by atoms with Gasteiger partial charge in [0.1, 0.15) is 5.75 Å². The number of ketones is 1. The molecule has 4 aliphatic rings. The number of ether oxygens (including phenoxy) is 1. The summed E-state index contributed by atoms with van der Waals surface area (Å²) in [6, 6.07) is 4.58. The summed E-state index contributed by atoms with van der Waals surface area (Å²) in [5.74, 6) is 1.85. The van der Waals surface area contributed by atoms with Crippen molar-refractivity contribution in [2.24, 2.45) is 34.5 Å². The highest BCUT2D eigenvalue weighted by Gasteiger charge is 2.58. The van der Waals surface area contributed by atoms with Crippen LogP contribution in [0.1, 0.15) is 71.6 Å². The molecule has 0 aromatic heterocycles. The van der Waals surface area contributed by atoms with Gasteiger partial charge in [0.15, 0.2) is 16.8 Å². The van der Waals surface area contributed by atoms with Crippen molar-refractivity contribution in [2.45, 2.75) is 82.9 Å². The molecule has 0 bridgehead atoms. The van der Waals surface area contributed by atoms with Gasteiger partial charge in [-0.05, 0) is 122 Å². The largest absolute Gasteiger partial charge is 0.573 e. The molecule has 4 aliphatic carbocycles. The average Bonchev–Trinajstić information content (AvgIpc) is 3.20. The number of nitrogens with one attached hydrogen (secondary N) is 1. The summed E-state index contributed by atoms with van der Waals surface area (Å²) in [4.78, 5) is 24.6. The van der Waals surface area contributed by atoms with Crippen LogP contribution in [-0.4, -0.2) is 22.3 Å². The number of benzene rings is 1. The Kier molecular flexibility index (Phi) is 7.59. The predicted octanol–water partition coefficient (Wildman–Crippen LogP) is 6.82. The number of carbonyl (C=O) groups excluding carboxylic acids is 2. The molecule has 39 heavy (non-hydrogen) atoms. The molecule has 0 heterocycles. The third kappa shape index (κ3) is 5.61. The molecule has 0 radical (unpaired) electrons. The van der Waals surface area contributed by atoms with Crippen molar-refractivity contribution in [3.8, 4) is 5.75 Å². The topological polar surface area (TPSA) is 72.5 Å². The van der Waals surface area contributed by atoms with Crippen LogP contribution in [0.25, 0.3) is 0 Å². The molecule has 0 spiro atoms. The normalized spacial score (nSPS) is 35.0. The third-order valence-corrected chi connectivity index (χ3v) is 11.4. The smallest absolute Gasteiger partial charge is 0.406 e. The molecule has 1 amide bonds. The first kappa shape index (κ1) is 28.1. The van der Waals surface area contributed by atoms with Gasteiger partial charge in [0.05, 0.1) is 4.90 Å². The van der Waals surface area contributed by atoms with Crippen molar-refractivity contribution in [2.75, 3.05) is 0 Å². The molecule has 212 valence electrons. The molecule has 0 aliphatic heterocycles. The second kappa shape index (κ2) is 10.5. The van der Waals surface area contributed by atoms with E-state index in [2.05, 4.69) is 23.3 Å². The van der Waals surface area contributed by atoms with Crippen LogP contribution in [0.5, 0.6) is 5.75 Å². The summed E-state index contributed by atoms with van der Waals surface area (Å²) in [7, 11) is -1.89. The molecule has 3 fully saturated rings. The summed E-state index contributed by atoms with van der Waals surface area (Å²) in [6.07, 6.45) is 9.75. The number of hydrogen-bond acceptors (Lipinski definition) is 4. The second-order valence-corrected chi connectivity index (χ2v) is 13.4. The van der Waals surface area contributed by atoms with E-state index in [-0.39, 0.29) is 21.5 Å². The highest BCUT2D eigenvalue weighted by molar-refractivity contribution is 7.83. The summed E-state index contributed by atoms with van der Waals surface area (Å²) in [5, 5.41) is 0. The lowest BCUT2D eigenvalue weighted by molar-refractivity contribution is -0.274. The van der Waals surface area contributed by atoms with Crippen molar-refractivity contribution in [3.63, 3.8) is 0 Å². The maximum Gasteiger partial charge on any atom is 0.573 e. The lowest BCUT2D eigenvalue weighted by atomic mass is 9.47. The SMILES string of the molecule is CC12CCC(=O)C=C1CCC1C2CC[C@]2(C)C(C/C=C/C(=O)NS(=O)c3ccc(OC(F)(F)F)cc3)CCC12. The van der Waals surface area contributed by atoms with E-state index in [4.69, 9.17) is 0 Å². The Balaban J connectivity index is 1.16. The number of halogens is 3. The number of carbonyl (C=O) groups is 2. The van der Waals surface area contributed by atoms with E-state index in [1.165, 1.54) is 49.5 Å². The molecule has 7 atom stereocenters. The van der Waals surface area contributed by atoms with E-state index in [9.17, 15) is 27.0 Å². The Morgan fingerprint density at radius 1 is 1.08 bits per heavy atom. The highest BCUT2D eigenvalue weighted by atomic mass is 32.2. The number of amides is 1. The first-order valence-corrected chi connectivity index (χ1v) is 15.0. The molecule has 5 nitrogen and oxygen atoms in total. The summed E-state index contributed by atoms with van der Waals surface area (Å²) < 4.78 is 55.6. The van der Waals surface area contributed by atoms with Gasteiger partial charge >= 0.3 is 6.36 Å². The fourth-order valence-corrected chi connectivity index (χ4v) is 9.10. The van der Waals surface area contributed by atoms with Gasteiger partial charge < -0.3 is 4.74 Å². The highest BCUT2D eigenvalue weighted by Crippen LogP contribution is 2.67. The summed E-state index contributed by atoms with van der Waals surface area (Å²) in [5.41, 5.74) is 1.78. The van der Waals surface area contributed by atoms with Gasteiger partial charge in [-0.25, -0.2) is 4.21 Å². The Labute approximate surface area is 230 Å². The molecular formula is C30H36F3NO4S. The van der Waals surface area contributed by atoms with Gasteiger partial charge in [-0.3, -0.25) is 14.3 Å². The number of alkyl halides is 3. The Hall–Kier alpha value is -2.42. The van der Waals surface area contributed by atoms with Crippen LogP contribution in [0.4, 0.5) is 13.2 Å². The molecule has 1 aromatic rings. The van der Waals surface area contributed by atoms with Gasteiger partial charge in [0.2, 0.25) is 0 Å². The Morgan fingerprint density at radius 2 is 1.82 bits per heavy atom. The molecule has 9 heteroatoms. The van der Waals surface area contributed by atoms with Crippen LogP contribution >= 0.6 is 0 Å². The zero-order valence-corrected chi connectivity index (χ0v) is 23.2. The van der Waals surface area contributed by atoms with Crippen LogP contribution in [0.2, 0.25) is 0 Å². The van der Waals surface area contributed by atoms with E-state index >= 15 is 0 Å². The van der Waals surface area contributed by atoms with Gasteiger partial charge in [-0.1, -0.05) is 25.5 Å². The molecule has 1 aromatic carbocycles. The van der Waals surface area contributed by atoms with Crippen molar-refractivity contribution < 1.29 is 31.7 Å². The van der Waals surface area contributed by atoms with Crippen molar-refractivity contribution in [1.29, 1.82) is 0 Å². The van der Waals surface area contributed by atoms with Crippen LogP contribution in [-0.2, 0) is 20.6 Å². The number of fused-ring (bicyclic) bond motifs is 5. The number of rotatable bonds is 6. The Morgan fingerprint density at radius 3 is 2.54 bits per heavy atom. The van der Waals surface area contributed by atoms with E-state index in [0.717, 1.165) is 37.8 Å².